The average Bonchev–Trinajstić information content (AvgIpc) is 3.15. The van der Waals surface area contributed by atoms with Gasteiger partial charge in [-0.1, -0.05) is 49.4 Å². The van der Waals surface area contributed by atoms with Crippen LogP contribution in [-0.2, 0) is 9.53 Å². The number of rotatable bonds is 7. The van der Waals surface area contributed by atoms with E-state index in [4.69, 9.17) is 9.47 Å². The highest BCUT2D eigenvalue weighted by molar-refractivity contribution is 9.11. The van der Waals surface area contributed by atoms with Crippen LogP contribution in [0.1, 0.15) is 63.3 Å². The van der Waals surface area contributed by atoms with Crippen LogP contribution in [0.25, 0.3) is 6.08 Å². The summed E-state index contributed by atoms with van der Waals surface area (Å²) in [6.07, 6.45) is 1.83. The molecule has 1 aliphatic rings. The lowest BCUT2D eigenvalue weighted by Crippen LogP contribution is -2.39. The minimum absolute atomic E-state index is 0.211. The van der Waals surface area contributed by atoms with E-state index < -0.39 is 12.0 Å². The number of ether oxygens (including phenoxy) is 2. The van der Waals surface area contributed by atoms with E-state index in [1.807, 2.05) is 49.4 Å². The van der Waals surface area contributed by atoms with Crippen molar-refractivity contribution in [1.82, 2.24) is 4.57 Å². The Hall–Kier alpha value is -2.49. The number of benzene rings is 2. The summed E-state index contributed by atoms with van der Waals surface area (Å²) in [7, 11) is 0. The van der Waals surface area contributed by atoms with E-state index in [-0.39, 0.29) is 12.2 Å². The molecule has 0 amide bonds. The number of hydrogen-bond acceptors (Lipinski definition) is 6. The number of hydrogen-bond donors (Lipinski definition) is 0. The Bertz CT molecular complexity index is 1530. The highest BCUT2D eigenvalue weighted by atomic mass is 79.9. The Morgan fingerprint density at radius 3 is 2.35 bits per heavy atom. The number of allylic oxidation sites excluding steroid dienone is 1. The van der Waals surface area contributed by atoms with Gasteiger partial charge in [0.25, 0.3) is 5.56 Å². The first kappa shape index (κ1) is 27.5. The fourth-order valence-electron chi connectivity index (χ4n) is 4.27. The summed E-state index contributed by atoms with van der Waals surface area (Å²) in [4.78, 5) is 32.1. The number of nitrogens with zero attached hydrogens (tertiary/aromatic N) is 2. The number of thiazole rings is 1. The predicted octanol–water partition coefficient (Wildman–Crippen LogP) is 5.85. The lowest BCUT2D eigenvalue weighted by Gasteiger charge is -2.25. The van der Waals surface area contributed by atoms with Gasteiger partial charge in [0, 0.05) is 0 Å². The smallest absolute Gasteiger partial charge is 0.338 e. The maximum absolute atomic E-state index is 13.8. The molecule has 1 atom stereocenters. The molecule has 0 fully saturated rings. The van der Waals surface area contributed by atoms with Gasteiger partial charge < -0.3 is 9.47 Å². The zero-order valence-corrected chi connectivity index (χ0v) is 25.3. The first-order valence-electron chi connectivity index (χ1n) is 12.1. The summed E-state index contributed by atoms with van der Waals surface area (Å²) in [5.41, 5.74) is 3.56. The largest absolute Gasteiger partial charge is 0.492 e. The molecular formula is C28H28Br2N2O4S. The summed E-state index contributed by atoms with van der Waals surface area (Å²) in [6.45, 7) is 10.5. The summed E-state index contributed by atoms with van der Waals surface area (Å²) in [5.74, 6) is 0.613. The summed E-state index contributed by atoms with van der Waals surface area (Å²) in [5, 5.41) is 0. The lowest BCUT2D eigenvalue weighted by molar-refractivity contribution is -0.139. The molecule has 0 N–H and O–H groups in total. The van der Waals surface area contributed by atoms with Crippen molar-refractivity contribution < 1.29 is 14.3 Å². The molecule has 0 bridgehead atoms. The molecular weight excluding hydrogens is 620 g/mol. The number of halogens is 2. The van der Waals surface area contributed by atoms with Crippen LogP contribution in [0, 0.1) is 0 Å². The zero-order valence-electron chi connectivity index (χ0n) is 21.3. The number of carbonyl (C=O) groups is 1. The zero-order chi connectivity index (χ0) is 26.9. The van der Waals surface area contributed by atoms with Gasteiger partial charge in [0.1, 0.15) is 5.75 Å². The van der Waals surface area contributed by atoms with Crippen LogP contribution in [0.4, 0.5) is 0 Å². The number of esters is 1. The topological polar surface area (TPSA) is 69.9 Å². The van der Waals surface area contributed by atoms with Crippen LogP contribution in [0.3, 0.4) is 0 Å². The molecule has 2 aromatic carbocycles. The van der Waals surface area contributed by atoms with Gasteiger partial charge in [-0.15, -0.1) is 0 Å². The molecule has 0 aliphatic carbocycles. The fourth-order valence-corrected chi connectivity index (χ4v) is 6.76. The minimum atomic E-state index is -0.627. The van der Waals surface area contributed by atoms with Gasteiger partial charge in [-0.25, -0.2) is 9.79 Å². The van der Waals surface area contributed by atoms with Gasteiger partial charge in [0.15, 0.2) is 4.80 Å². The van der Waals surface area contributed by atoms with Gasteiger partial charge in [0.2, 0.25) is 0 Å². The van der Waals surface area contributed by atoms with Crippen molar-refractivity contribution in [2.24, 2.45) is 4.99 Å². The molecule has 1 aliphatic heterocycles. The molecule has 194 valence electrons. The van der Waals surface area contributed by atoms with E-state index >= 15 is 0 Å². The summed E-state index contributed by atoms with van der Waals surface area (Å²) < 4.78 is 14.8. The second-order valence-electron chi connectivity index (χ2n) is 8.87. The Morgan fingerprint density at radius 1 is 1.14 bits per heavy atom. The van der Waals surface area contributed by atoms with Crippen molar-refractivity contribution in [1.29, 1.82) is 0 Å². The van der Waals surface area contributed by atoms with Crippen LogP contribution < -0.4 is 19.6 Å². The van der Waals surface area contributed by atoms with E-state index in [1.165, 1.54) is 16.9 Å². The third-order valence-electron chi connectivity index (χ3n) is 6.04. The maximum atomic E-state index is 13.8. The molecule has 37 heavy (non-hydrogen) atoms. The monoisotopic (exact) mass is 646 g/mol. The number of fused-ring (bicyclic) bond motifs is 1. The second-order valence-corrected chi connectivity index (χ2v) is 11.6. The quantitative estimate of drug-likeness (QED) is 0.302. The van der Waals surface area contributed by atoms with Crippen molar-refractivity contribution in [3.05, 3.63) is 93.0 Å². The third-order valence-corrected chi connectivity index (χ3v) is 8.20. The molecule has 0 spiro atoms. The average molecular weight is 648 g/mol. The van der Waals surface area contributed by atoms with Crippen molar-refractivity contribution in [2.75, 3.05) is 13.2 Å². The van der Waals surface area contributed by atoms with Crippen molar-refractivity contribution in [2.45, 2.75) is 46.6 Å². The van der Waals surface area contributed by atoms with Crippen molar-refractivity contribution in [3.63, 3.8) is 0 Å². The van der Waals surface area contributed by atoms with Crippen molar-refractivity contribution in [3.8, 4) is 5.75 Å². The predicted molar refractivity (Wildman–Crippen MR) is 154 cm³/mol. The summed E-state index contributed by atoms with van der Waals surface area (Å²) >= 11 is 8.42. The van der Waals surface area contributed by atoms with Crippen LogP contribution in [0.15, 0.2) is 66.4 Å². The molecule has 6 nitrogen and oxygen atoms in total. The highest BCUT2D eigenvalue weighted by Crippen LogP contribution is 2.35. The third kappa shape index (κ3) is 5.54. The maximum Gasteiger partial charge on any atom is 0.338 e. The normalized spacial score (nSPS) is 15.6. The van der Waals surface area contributed by atoms with E-state index in [0.717, 1.165) is 20.1 Å². The van der Waals surface area contributed by atoms with E-state index in [0.29, 0.717) is 38.9 Å². The van der Waals surface area contributed by atoms with E-state index in [1.54, 1.807) is 18.4 Å². The first-order valence-corrected chi connectivity index (χ1v) is 14.5. The second kappa shape index (κ2) is 11.5. The van der Waals surface area contributed by atoms with Gasteiger partial charge in [-0.3, -0.25) is 9.36 Å². The Labute approximate surface area is 236 Å². The van der Waals surface area contributed by atoms with E-state index in [2.05, 4.69) is 50.7 Å². The molecule has 2 heterocycles. The Balaban J connectivity index is 1.91. The molecule has 0 radical (unpaired) electrons. The van der Waals surface area contributed by atoms with Crippen LogP contribution in [0.5, 0.6) is 5.75 Å². The van der Waals surface area contributed by atoms with Crippen LogP contribution in [-0.4, -0.2) is 23.8 Å². The highest BCUT2D eigenvalue weighted by Gasteiger charge is 2.33. The molecule has 9 heteroatoms. The molecule has 1 aromatic heterocycles. The molecule has 4 rings (SSSR count). The number of aromatic nitrogens is 1. The molecule has 3 aromatic rings. The Morgan fingerprint density at radius 2 is 1.78 bits per heavy atom. The molecule has 0 unspecified atom stereocenters. The minimum Gasteiger partial charge on any atom is -0.492 e. The Kier molecular flexibility index (Phi) is 8.56. The molecule has 0 saturated heterocycles. The van der Waals surface area contributed by atoms with Crippen molar-refractivity contribution >= 4 is 55.2 Å². The van der Waals surface area contributed by atoms with Gasteiger partial charge in [-0.05, 0) is 93.4 Å². The molecule has 0 saturated carbocycles. The van der Waals surface area contributed by atoms with Gasteiger partial charge >= 0.3 is 5.97 Å². The SMILES string of the molecule is CCOC(=O)C1=C(C)N=c2s/c(=C\c3cc(Br)c(OCC)c(Br)c3)c(=O)n2[C@@H]1c1ccc(C(C)C)cc1. The number of carbonyl (C=O) groups excluding carboxylic acids is 1. The van der Waals surface area contributed by atoms with Gasteiger partial charge in [-0.2, -0.15) is 0 Å². The standard InChI is InChI=1S/C28H28Br2N2O4S/c1-6-35-25-20(29)12-17(13-21(25)30)14-22-26(33)32-24(19-10-8-18(9-11-19)15(3)4)23(27(34)36-7-2)16(5)31-28(32)37-22/h8-15,24H,6-7H2,1-5H3/b22-14-/t24-/m1/s1. The summed E-state index contributed by atoms with van der Waals surface area (Å²) in [6, 6.07) is 11.2. The fraction of sp³-hybridized carbons (Fsp3) is 0.321. The first-order chi connectivity index (χ1) is 17.7. The van der Waals surface area contributed by atoms with Crippen LogP contribution >= 0.6 is 43.2 Å². The van der Waals surface area contributed by atoms with Crippen LogP contribution in [0.2, 0.25) is 0 Å². The van der Waals surface area contributed by atoms with E-state index in [9.17, 15) is 9.59 Å². The lowest BCUT2D eigenvalue weighted by atomic mass is 9.93. The van der Waals surface area contributed by atoms with Gasteiger partial charge in [0.05, 0.1) is 44.0 Å².